The van der Waals surface area contributed by atoms with E-state index in [9.17, 15) is 9.90 Å². The highest BCUT2D eigenvalue weighted by molar-refractivity contribution is 7.80. The van der Waals surface area contributed by atoms with Gasteiger partial charge in [0.25, 0.3) is 0 Å². The second-order valence-electron chi connectivity index (χ2n) is 4.35. The number of esters is 1. The van der Waals surface area contributed by atoms with Crippen LogP contribution in [0.15, 0.2) is 35.5 Å². The van der Waals surface area contributed by atoms with E-state index in [1.165, 1.54) is 0 Å². The molecular weight excluding hydrogens is 276 g/mol. The first kappa shape index (κ1) is 14.3. The number of carbonyl (C=O) groups excluding carboxylic acids is 1. The molecule has 20 heavy (non-hydrogen) atoms. The molecular formula is C14H16N2O3S. The van der Waals surface area contributed by atoms with E-state index in [0.717, 1.165) is 0 Å². The van der Waals surface area contributed by atoms with Gasteiger partial charge in [0.1, 0.15) is 5.75 Å². The van der Waals surface area contributed by atoms with Crippen molar-refractivity contribution in [1.82, 2.24) is 10.6 Å². The molecule has 0 unspecified atom stereocenters. The Hall–Kier alpha value is -2.08. The van der Waals surface area contributed by atoms with Crippen molar-refractivity contribution in [2.45, 2.75) is 19.9 Å². The number of ether oxygens (including phenoxy) is 1. The molecule has 2 rings (SSSR count). The van der Waals surface area contributed by atoms with Gasteiger partial charge in [-0.1, -0.05) is 18.2 Å². The van der Waals surface area contributed by atoms with E-state index in [-0.39, 0.29) is 12.4 Å². The van der Waals surface area contributed by atoms with Gasteiger partial charge < -0.3 is 20.5 Å². The Bertz CT molecular complexity index is 584. The molecule has 1 atom stereocenters. The molecule has 106 valence electrons. The standard InChI is InChI=1S/C14H16N2O3S/c1-3-19-13(18)11-8(2)15-14(20)16-12(11)9-6-4-5-7-10(9)17/h4-7,12,17H,3H2,1-2H3,(H2,15,16,20)/t12-/m0/s1. The van der Waals surface area contributed by atoms with Crippen LogP contribution in [0.4, 0.5) is 0 Å². The molecule has 0 bridgehead atoms. The summed E-state index contributed by atoms with van der Waals surface area (Å²) in [5.41, 5.74) is 1.63. The highest BCUT2D eigenvalue weighted by Crippen LogP contribution is 2.32. The molecule has 6 heteroatoms. The Kier molecular flexibility index (Phi) is 4.24. The van der Waals surface area contributed by atoms with E-state index in [2.05, 4.69) is 10.6 Å². The van der Waals surface area contributed by atoms with Crippen molar-refractivity contribution >= 4 is 23.3 Å². The zero-order valence-corrected chi connectivity index (χ0v) is 12.1. The van der Waals surface area contributed by atoms with Gasteiger partial charge >= 0.3 is 5.97 Å². The quantitative estimate of drug-likeness (QED) is 0.582. The van der Waals surface area contributed by atoms with Gasteiger partial charge in [0.2, 0.25) is 0 Å². The lowest BCUT2D eigenvalue weighted by Crippen LogP contribution is -2.45. The zero-order chi connectivity index (χ0) is 14.7. The number of benzene rings is 1. The summed E-state index contributed by atoms with van der Waals surface area (Å²) in [6.07, 6.45) is 0. The van der Waals surface area contributed by atoms with Crippen LogP contribution in [0.25, 0.3) is 0 Å². The molecule has 1 aliphatic rings. The highest BCUT2D eigenvalue weighted by Gasteiger charge is 2.32. The van der Waals surface area contributed by atoms with Gasteiger partial charge in [0, 0.05) is 11.3 Å². The van der Waals surface area contributed by atoms with Crippen molar-refractivity contribution in [3.63, 3.8) is 0 Å². The number of para-hydroxylation sites is 1. The Morgan fingerprint density at radius 3 is 2.80 bits per heavy atom. The fourth-order valence-electron chi connectivity index (χ4n) is 2.14. The van der Waals surface area contributed by atoms with Crippen molar-refractivity contribution in [3.05, 3.63) is 41.1 Å². The largest absolute Gasteiger partial charge is 0.508 e. The number of thiocarbonyl (C=S) groups is 1. The predicted octanol–water partition coefficient (Wildman–Crippen LogP) is 1.75. The maximum absolute atomic E-state index is 12.1. The van der Waals surface area contributed by atoms with Crippen LogP contribution >= 0.6 is 12.2 Å². The lowest BCUT2D eigenvalue weighted by atomic mass is 9.95. The topological polar surface area (TPSA) is 70.6 Å². The van der Waals surface area contributed by atoms with Gasteiger partial charge in [-0.05, 0) is 32.1 Å². The van der Waals surface area contributed by atoms with E-state index < -0.39 is 12.0 Å². The summed E-state index contributed by atoms with van der Waals surface area (Å²) in [5.74, 6) is -0.329. The summed E-state index contributed by atoms with van der Waals surface area (Å²) in [6.45, 7) is 3.79. The van der Waals surface area contributed by atoms with E-state index in [4.69, 9.17) is 17.0 Å². The monoisotopic (exact) mass is 292 g/mol. The van der Waals surface area contributed by atoms with Gasteiger partial charge in [-0.25, -0.2) is 4.79 Å². The highest BCUT2D eigenvalue weighted by atomic mass is 32.1. The number of rotatable bonds is 3. The van der Waals surface area contributed by atoms with Crippen molar-refractivity contribution < 1.29 is 14.6 Å². The maximum atomic E-state index is 12.1. The number of allylic oxidation sites excluding steroid dienone is 1. The Balaban J connectivity index is 2.48. The van der Waals surface area contributed by atoms with E-state index >= 15 is 0 Å². The molecule has 0 saturated heterocycles. The Labute approximate surface area is 122 Å². The number of hydrogen-bond donors (Lipinski definition) is 3. The molecule has 3 N–H and O–H groups in total. The number of hydrogen-bond acceptors (Lipinski definition) is 4. The van der Waals surface area contributed by atoms with E-state index in [1.807, 2.05) is 0 Å². The van der Waals surface area contributed by atoms with Gasteiger partial charge in [-0.15, -0.1) is 0 Å². The summed E-state index contributed by atoms with van der Waals surface area (Å²) in [5, 5.41) is 16.3. The third-order valence-electron chi connectivity index (χ3n) is 3.01. The number of aromatic hydroxyl groups is 1. The smallest absolute Gasteiger partial charge is 0.338 e. The summed E-state index contributed by atoms with van der Waals surface area (Å²) in [4.78, 5) is 12.1. The van der Waals surface area contributed by atoms with Crippen LogP contribution in [-0.2, 0) is 9.53 Å². The van der Waals surface area contributed by atoms with E-state index in [1.54, 1.807) is 38.1 Å². The normalized spacial score (nSPS) is 18.3. The van der Waals surface area contributed by atoms with Crippen LogP contribution in [0.2, 0.25) is 0 Å². The van der Waals surface area contributed by atoms with Crippen LogP contribution in [0.5, 0.6) is 5.75 Å². The fourth-order valence-corrected chi connectivity index (χ4v) is 2.41. The average Bonchev–Trinajstić information content (AvgIpc) is 2.38. The second-order valence-corrected chi connectivity index (χ2v) is 4.76. The van der Waals surface area contributed by atoms with Crippen molar-refractivity contribution in [3.8, 4) is 5.75 Å². The molecule has 0 amide bonds. The van der Waals surface area contributed by atoms with Crippen molar-refractivity contribution in [2.24, 2.45) is 0 Å². The van der Waals surface area contributed by atoms with Crippen molar-refractivity contribution in [2.75, 3.05) is 6.61 Å². The predicted molar refractivity (Wildman–Crippen MR) is 79.1 cm³/mol. The fraction of sp³-hybridized carbons (Fsp3) is 0.286. The number of nitrogens with one attached hydrogen (secondary N) is 2. The third kappa shape index (κ3) is 2.75. The second kappa shape index (κ2) is 5.92. The molecule has 0 aliphatic carbocycles. The minimum atomic E-state index is -0.524. The van der Waals surface area contributed by atoms with Crippen LogP contribution < -0.4 is 10.6 Å². The molecule has 1 heterocycles. The average molecular weight is 292 g/mol. The van der Waals surface area contributed by atoms with Crippen LogP contribution in [0.3, 0.4) is 0 Å². The lowest BCUT2D eigenvalue weighted by molar-refractivity contribution is -0.139. The molecule has 0 aromatic heterocycles. The van der Waals surface area contributed by atoms with Crippen LogP contribution in [0.1, 0.15) is 25.5 Å². The van der Waals surface area contributed by atoms with Gasteiger partial charge in [-0.3, -0.25) is 0 Å². The Morgan fingerprint density at radius 2 is 2.15 bits per heavy atom. The van der Waals surface area contributed by atoms with Gasteiger partial charge in [0.15, 0.2) is 5.11 Å². The molecule has 0 radical (unpaired) electrons. The summed E-state index contributed by atoms with van der Waals surface area (Å²) in [6, 6.07) is 6.30. The van der Waals surface area contributed by atoms with Crippen molar-refractivity contribution in [1.29, 1.82) is 0 Å². The van der Waals surface area contributed by atoms with Gasteiger partial charge in [-0.2, -0.15) is 0 Å². The first-order valence-electron chi connectivity index (χ1n) is 6.28. The minimum absolute atomic E-state index is 0.101. The van der Waals surface area contributed by atoms with E-state index in [0.29, 0.717) is 21.9 Å². The molecule has 0 fully saturated rings. The minimum Gasteiger partial charge on any atom is -0.508 e. The molecule has 0 spiro atoms. The Morgan fingerprint density at radius 1 is 1.45 bits per heavy atom. The molecule has 5 nitrogen and oxygen atoms in total. The van der Waals surface area contributed by atoms with Crippen LogP contribution in [0, 0.1) is 0 Å². The molecule has 1 aromatic carbocycles. The number of phenols is 1. The van der Waals surface area contributed by atoms with Crippen LogP contribution in [-0.4, -0.2) is 22.8 Å². The summed E-state index contributed by atoms with van der Waals surface area (Å²) >= 11 is 5.12. The lowest BCUT2D eigenvalue weighted by Gasteiger charge is -2.30. The maximum Gasteiger partial charge on any atom is 0.338 e. The molecule has 1 aliphatic heterocycles. The van der Waals surface area contributed by atoms with Gasteiger partial charge in [0.05, 0.1) is 18.2 Å². The summed E-state index contributed by atoms with van der Waals surface area (Å²) < 4.78 is 5.08. The molecule has 0 saturated carbocycles. The SMILES string of the molecule is CCOC(=O)C1=C(C)NC(=S)N[C@H]1c1ccccc1O. The first-order valence-corrected chi connectivity index (χ1v) is 6.68. The first-order chi connectivity index (χ1) is 9.54. The third-order valence-corrected chi connectivity index (χ3v) is 3.23. The number of phenolic OH excluding ortho intramolecular Hbond substituents is 1. The number of carbonyl (C=O) groups is 1. The summed E-state index contributed by atoms with van der Waals surface area (Å²) in [7, 11) is 0. The zero-order valence-electron chi connectivity index (χ0n) is 11.3. The molecule has 1 aromatic rings.